The van der Waals surface area contributed by atoms with Crippen molar-refractivity contribution in [2.75, 3.05) is 27.2 Å². The fourth-order valence-corrected chi connectivity index (χ4v) is 2.31. The van der Waals surface area contributed by atoms with Gasteiger partial charge in [0.1, 0.15) is 18.1 Å². The van der Waals surface area contributed by atoms with Crippen molar-refractivity contribution in [2.45, 2.75) is 13.5 Å². The molecule has 0 radical (unpaired) electrons. The van der Waals surface area contributed by atoms with Crippen molar-refractivity contribution in [2.24, 2.45) is 4.99 Å². The molecule has 8 heteroatoms. The van der Waals surface area contributed by atoms with E-state index in [0.717, 1.165) is 21.6 Å². The van der Waals surface area contributed by atoms with Crippen LogP contribution in [0.4, 0.5) is 0 Å². The van der Waals surface area contributed by atoms with Crippen molar-refractivity contribution >= 4 is 51.8 Å². The lowest BCUT2D eigenvalue weighted by atomic mass is 10.2. The van der Waals surface area contributed by atoms with Gasteiger partial charge >= 0.3 is 0 Å². The highest BCUT2D eigenvalue weighted by Crippen LogP contribution is 2.23. The van der Waals surface area contributed by atoms with Crippen LogP contribution in [0.2, 0.25) is 0 Å². The molecule has 0 bridgehead atoms. The van der Waals surface area contributed by atoms with E-state index in [-0.39, 0.29) is 36.4 Å². The van der Waals surface area contributed by atoms with E-state index >= 15 is 0 Å². The number of nitrogens with zero attached hydrogens (tertiary/aromatic N) is 2. The Morgan fingerprint density at radius 3 is 2.46 bits per heavy atom. The Kier molecular flexibility index (Phi) is 9.71. The number of benzene rings is 1. The predicted octanol–water partition coefficient (Wildman–Crippen LogP) is 3.47. The van der Waals surface area contributed by atoms with Crippen molar-refractivity contribution in [3.05, 3.63) is 46.6 Å². The molecule has 0 aliphatic heterocycles. The van der Waals surface area contributed by atoms with Gasteiger partial charge in [-0.05, 0) is 31.2 Å². The Morgan fingerprint density at radius 2 is 1.85 bits per heavy atom. The van der Waals surface area contributed by atoms with E-state index in [9.17, 15) is 4.79 Å². The summed E-state index contributed by atoms with van der Waals surface area (Å²) in [7, 11) is 3.43. The van der Waals surface area contributed by atoms with Gasteiger partial charge in [-0.3, -0.25) is 4.79 Å². The minimum atomic E-state index is -0.0484. The van der Waals surface area contributed by atoms with Crippen molar-refractivity contribution in [3.8, 4) is 11.3 Å². The first kappa shape index (κ1) is 22.5. The second-order valence-electron chi connectivity index (χ2n) is 5.61. The molecule has 2 aromatic rings. The fourth-order valence-electron chi connectivity index (χ4n) is 2.04. The van der Waals surface area contributed by atoms with Gasteiger partial charge in [0.15, 0.2) is 5.96 Å². The number of nitrogens with one attached hydrogen (secondary N) is 2. The standard InChI is InChI=1S/C18H23BrN4O2.HI/c1-4-20-18(22-12-17(24)23(2)3)21-11-15-9-10-16(25-15)13-5-7-14(19)8-6-13;/h5-10H,4,11-12H2,1-3H3,(H2,20,21,22);1H. The molecule has 0 saturated carbocycles. The van der Waals surface area contributed by atoms with Crippen molar-refractivity contribution < 1.29 is 9.21 Å². The lowest BCUT2D eigenvalue weighted by Crippen LogP contribution is -2.38. The Labute approximate surface area is 179 Å². The summed E-state index contributed by atoms with van der Waals surface area (Å²) in [6.45, 7) is 3.27. The maximum Gasteiger partial charge on any atom is 0.243 e. The van der Waals surface area contributed by atoms with Crippen LogP contribution in [-0.2, 0) is 11.3 Å². The van der Waals surface area contributed by atoms with Gasteiger partial charge in [0, 0.05) is 30.7 Å². The first-order valence-corrected chi connectivity index (χ1v) is 8.86. The number of halogens is 2. The molecule has 1 aromatic heterocycles. The van der Waals surface area contributed by atoms with Gasteiger partial charge < -0.3 is 20.0 Å². The van der Waals surface area contributed by atoms with E-state index in [1.807, 2.05) is 43.3 Å². The number of guanidine groups is 1. The van der Waals surface area contributed by atoms with Crippen molar-refractivity contribution in [1.29, 1.82) is 0 Å². The third-order valence-electron chi connectivity index (χ3n) is 3.44. The number of carbonyl (C=O) groups excluding carboxylic acids is 1. The summed E-state index contributed by atoms with van der Waals surface area (Å²) >= 11 is 3.42. The van der Waals surface area contributed by atoms with Gasteiger partial charge in [-0.15, -0.1) is 24.0 Å². The van der Waals surface area contributed by atoms with Crippen LogP contribution in [0.1, 0.15) is 12.7 Å². The van der Waals surface area contributed by atoms with Crippen LogP contribution in [-0.4, -0.2) is 44.0 Å². The van der Waals surface area contributed by atoms with Crippen LogP contribution in [0.5, 0.6) is 0 Å². The number of furan rings is 1. The number of rotatable bonds is 6. The molecule has 142 valence electrons. The summed E-state index contributed by atoms with van der Waals surface area (Å²) in [4.78, 5) is 17.5. The minimum Gasteiger partial charge on any atom is -0.459 e. The third kappa shape index (κ3) is 6.99. The lowest BCUT2D eigenvalue weighted by Gasteiger charge is -2.12. The van der Waals surface area contributed by atoms with E-state index in [1.54, 1.807) is 14.1 Å². The highest BCUT2D eigenvalue weighted by atomic mass is 127. The fraction of sp³-hybridized carbons (Fsp3) is 0.333. The SMILES string of the molecule is CCNC(=NCC(=O)N(C)C)NCc1ccc(-c2ccc(Br)cc2)o1.I. The lowest BCUT2D eigenvalue weighted by molar-refractivity contribution is -0.127. The van der Waals surface area contributed by atoms with E-state index in [2.05, 4.69) is 31.6 Å². The summed E-state index contributed by atoms with van der Waals surface area (Å²) in [5.41, 5.74) is 1.02. The summed E-state index contributed by atoms with van der Waals surface area (Å²) in [5, 5.41) is 6.29. The number of likely N-dealkylation sites (N-methyl/N-ethyl adjacent to an activating group) is 1. The Hall–Kier alpha value is -1.55. The zero-order chi connectivity index (χ0) is 18.2. The predicted molar refractivity (Wildman–Crippen MR) is 119 cm³/mol. The summed E-state index contributed by atoms with van der Waals surface area (Å²) in [6, 6.07) is 11.8. The van der Waals surface area contributed by atoms with E-state index in [0.29, 0.717) is 19.0 Å². The van der Waals surface area contributed by atoms with Gasteiger partial charge in [0.25, 0.3) is 0 Å². The molecule has 0 atom stereocenters. The first-order valence-electron chi connectivity index (χ1n) is 8.06. The van der Waals surface area contributed by atoms with Gasteiger partial charge in [-0.1, -0.05) is 28.1 Å². The highest BCUT2D eigenvalue weighted by Gasteiger charge is 2.07. The Morgan fingerprint density at radius 1 is 1.15 bits per heavy atom. The van der Waals surface area contributed by atoms with Crippen LogP contribution in [0.25, 0.3) is 11.3 Å². The smallest absolute Gasteiger partial charge is 0.243 e. The first-order chi connectivity index (χ1) is 12.0. The van der Waals surface area contributed by atoms with Crippen molar-refractivity contribution in [1.82, 2.24) is 15.5 Å². The summed E-state index contributed by atoms with van der Waals surface area (Å²) in [6.07, 6.45) is 0. The second-order valence-corrected chi connectivity index (χ2v) is 6.53. The van der Waals surface area contributed by atoms with Gasteiger partial charge in [0.2, 0.25) is 5.91 Å². The number of amides is 1. The van der Waals surface area contributed by atoms with Crippen molar-refractivity contribution in [3.63, 3.8) is 0 Å². The van der Waals surface area contributed by atoms with Gasteiger partial charge in [0.05, 0.1) is 6.54 Å². The molecule has 0 fully saturated rings. The molecule has 0 unspecified atom stereocenters. The molecule has 0 spiro atoms. The molecule has 2 N–H and O–H groups in total. The number of carbonyl (C=O) groups is 1. The summed E-state index contributed by atoms with van der Waals surface area (Å²) < 4.78 is 6.90. The minimum absolute atomic E-state index is 0. The van der Waals surface area contributed by atoms with Crippen LogP contribution in [0.15, 0.2) is 50.3 Å². The molecule has 0 aliphatic rings. The van der Waals surface area contributed by atoms with Crippen LogP contribution < -0.4 is 10.6 Å². The van der Waals surface area contributed by atoms with E-state index in [1.165, 1.54) is 4.90 Å². The molecular weight excluding hydrogens is 511 g/mol. The molecule has 1 amide bonds. The largest absolute Gasteiger partial charge is 0.459 e. The molecule has 0 saturated heterocycles. The average molecular weight is 535 g/mol. The topological polar surface area (TPSA) is 69.9 Å². The van der Waals surface area contributed by atoms with Crippen LogP contribution >= 0.6 is 39.9 Å². The third-order valence-corrected chi connectivity index (χ3v) is 3.96. The molecule has 1 aromatic carbocycles. The normalized spacial score (nSPS) is 10.8. The highest BCUT2D eigenvalue weighted by molar-refractivity contribution is 14.0. The number of hydrogen-bond acceptors (Lipinski definition) is 3. The van der Waals surface area contributed by atoms with E-state index < -0.39 is 0 Å². The molecule has 26 heavy (non-hydrogen) atoms. The zero-order valence-corrected chi connectivity index (χ0v) is 19.0. The van der Waals surface area contributed by atoms with Gasteiger partial charge in [-0.25, -0.2) is 4.99 Å². The zero-order valence-electron chi connectivity index (χ0n) is 15.1. The van der Waals surface area contributed by atoms with Crippen LogP contribution in [0, 0.1) is 0 Å². The second kappa shape index (κ2) is 11.2. The average Bonchev–Trinajstić information content (AvgIpc) is 3.06. The molecule has 6 nitrogen and oxygen atoms in total. The monoisotopic (exact) mass is 534 g/mol. The Bertz CT molecular complexity index is 729. The molecule has 0 aliphatic carbocycles. The molecule has 2 rings (SSSR count). The van der Waals surface area contributed by atoms with Crippen LogP contribution in [0.3, 0.4) is 0 Å². The van der Waals surface area contributed by atoms with Gasteiger partial charge in [-0.2, -0.15) is 0 Å². The number of hydrogen-bond donors (Lipinski definition) is 2. The van der Waals surface area contributed by atoms with E-state index in [4.69, 9.17) is 4.42 Å². The Balaban J connectivity index is 0.00000338. The maximum atomic E-state index is 11.7. The quantitative estimate of drug-likeness (QED) is 0.338. The number of aliphatic imine (C=N–C) groups is 1. The molecule has 1 heterocycles. The summed E-state index contributed by atoms with van der Waals surface area (Å²) in [5.74, 6) is 2.14. The maximum absolute atomic E-state index is 11.7. The molecular formula is C18H24BrIN4O2.